The van der Waals surface area contributed by atoms with Gasteiger partial charge in [-0.05, 0) is 78.9 Å². The Kier molecular flexibility index (Phi) is 12.2. The van der Waals surface area contributed by atoms with Gasteiger partial charge in [0.1, 0.15) is 0 Å². The normalized spacial score (nSPS) is 13.6. The molecule has 0 aliphatic heterocycles. The van der Waals surface area contributed by atoms with E-state index in [1.54, 1.807) is 27.7 Å². The van der Waals surface area contributed by atoms with Crippen molar-refractivity contribution in [2.75, 3.05) is 13.1 Å². The van der Waals surface area contributed by atoms with E-state index in [4.69, 9.17) is 0 Å². The van der Waals surface area contributed by atoms with E-state index < -0.39 is 42.8 Å². The maximum atomic E-state index is 14.0. The molecular weight excluding hydrogens is 594 g/mol. The molecule has 44 heavy (non-hydrogen) atoms. The molecule has 0 saturated heterocycles. The van der Waals surface area contributed by atoms with Gasteiger partial charge in [-0.3, -0.25) is 13.9 Å². The van der Waals surface area contributed by atoms with Crippen LogP contribution in [0.15, 0.2) is 35.6 Å². The first-order chi connectivity index (χ1) is 20.3. The first-order valence-electron chi connectivity index (χ1n) is 14.1. The van der Waals surface area contributed by atoms with Gasteiger partial charge in [0, 0.05) is 25.0 Å². The lowest BCUT2D eigenvalue weighted by molar-refractivity contribution is -0.287. The summed E-state index contributed by atoms with van der Waals surface area (Å²) in [6.45, 7) is 10.5. The molecule has 4 rings (SSSR count). The molecule has 1 fully saturated rings. The second-order valence-electron chi connectivity index (χ2n) is 11.1. The Morgan fingerprint density at radius 1 is 1.07 bits per heavy atom. The number of pyridine rings is 1. The highest BCUT2D eigenvalue weighted by Gasteiger charge is 2.58. The number of imidazole rings is 2. The van der Waals surface area contributed by atoms with Crippen LogP contribution in [0.2, 0.25) is 0 Å². The van der Waals surface area contributed by atoms with Crippen LogP contribution in [0.3, 0.4) is 0 Å². The summed E-state index contributed by atoms with van der Waals surface area (Å²) in [5, 5.41) is 0. The van der Waals surface area contributed by atoms with Gasteiger partial charge in [0.05, 0.1) is 17.8 Å². The number of alkyl halides is 8. The van der Waals surface area contributed by atoms with E-state index in [0.717, 1.165) is 14.9 Å². The van der Waals surface area contributed by atoms with Gasteiger partial charge in [-0.2, -0.15) is 35.1 Å². The minimum absolute atomic E-state index is 0.145. The fraction of sp³-hybridized carbons (Fsp3) is 0.548. The Labute approximate surface area is 252 Å². The molecule has 0 spiro atoms. The zero-order valence-corrected chi connectivity index (χ0v) is 26.0. The van der Waals surface area contributed by atoms with Crippen LogP contribution in [0.4, 0.5) is 35.1 Å². The van der Waals surface area contributed by atoms with E-state index in [1.165, 1.54) is 34.9 Å². The lowest BCUT2D eigenvalue weighted by Gasteiger charge is -2.28. The highest BCUT2D eigenvalue weighted by molar-refractivity contribution is 5.83. The molecule has 1 saturated carbocycles. The summed E-state index contributed by atoms with van der Waals surface area (Å²) < 4.78 is 111. The van der Waals surface area contributed by atoms with Crippen LogP contribution >= 0.6 is 0 Å². The Balaban J connectivity index is 0.000000660. The number of hydrogen-bond donors (Lipinski definition) is 0. The Hall–Kier alpha value is -3.40. The minimum Gasteiger partial charge on any atom is -0.291 e. The van der Waals surface area contributed by atoms with Gasteiger partial charge in [0.2, 0.25) is 5.78 Å². The maximum Gasteiger partial charge on any atom is 0.454 e. The molecule has 0 radical (unpaired) electrons. The molecule has 3 aromatic rings. The van der Waals surface area contributed by atoms with Crippen LogP contribution in [0.1, 0.15) is 79.1 Å². The number of terminal acetylenes is 1. The van der Waals surface area contributed by atoms with Crippen LogP contribution in [-0.4, -0.2) is 49.0 Å². The van der Waals surface area contributed by atoms with E-state index in [9.17, 15) is 35.1 Å². The molecule has 0 amide bonds. The van der Waals surface area contributed by atoms with Crippen LogP contribution in [0, 0.1) is 18.3 Å². The third-order valence-corrected chi connectivity index (χ3v) is 6.74. The number of fused-ring (bicyclic) bond motifs is 3. The molecular formula is C31H39F8N5. The second-order valence-corrected chi connectivity index (χ2v) is 11.1. The van der Waals surface area contributed by atoms with Crippen molar-refractivity contribution < 1.29 is 35.1 Å². The third-order valence-electron chi connectivity index (χ3n) is 6.74. The summed E-state index contributed by atoms with van der Waals surface area (Å²) in [4.78, 5) is 8.82. The highest BCUT2D eigenvalue weighted by atomic mass is 19.4. The molecule has 1 aliphatic carbocycles. The number of halogens is 8. The predicted octanol–water partition coefficient (Wildman–Crippen LogP) is 9.39. The van der Waals surface area contributed by atoms with Crippen LogP contribution < -0.4 is 0 Å². The SMILES string of the molecule is C#CC.CC(C)=C(C)n1c2ncccc2n2c(CN(CC3CC3)CC(F)(F)C(F)(F)F)c(C(F)(F)F)nc12.CCC=C(C)C. The van der Waals surface area contributed by atoms with Crippen molar-refractivity contribution in [2.45, 2.75) is 92.5 Å². The fourth-order valence-electron chi connectivity index (χ4n) is 4.42. The van der Waals surface area contributed by atoms with E-state index in [-0.39, 0.29) is 29.4 Å². The number of aromatic nitrogens is 4. The van der Waals surface area contributed by atoms with Crippen molar-refractivity contribution in [3.8, 4) is 12.3 Å². The zero-order chi connectivity index (χ0) is 33.6. The Morgan fingerprint density at radius 2 is 1.66 bits per heavy atom. The largest absolute Gasteiger partial charge is 0.454 e. The summed E-state index contributed by atoms with van der Waals surface area (Å²) in [5.74, 6) is -3.13. The zero-order valence-electron chi connectivity index (χ0n) is 26.0. The van der Waals surface area contributed by atoms with Crippen molar-refractivity contribution >= 4 is 22.6 Å². The van der Waals surface area contributed by atoms with Gasteiger partial charge in [0.25, 0.3) is 0 Å². The standard InChI is InChI=1S/C22H23F8N5.C6H12.C3H4/c1-12(2)13(3)34-18-15(5-4-8-31-18)35-16(17(21(25,26)27)32-19(34)35)10-33(9-14-6-7-14)11-20(23,24)22(28,29)30;1-4-5-6(2)3;1-3-2/h4-5,8,14H,6-7,9-11H2,1-3H3;5H,4H2,1-3H3;1H,2H3. The highest BCUT2D eigenvalue weighted by Crippen LogP contribution is 2.40. The van der Waals surface area contributed by atoms with Gasteiger partial charge in [-0.1, -0.05) is 24.1 Å². The molecule has 0 aromatic carbocycles. The number of allylic oxidation sites excluding steroid dienone is 4. The number of rotatable bonds is 8. The van der Waals surface area contributed by atoms with Gasteiger partial charge in [0.15, 0.2) is 11.3 Å². The molecule has 0 N–H and O–H groups in total. The summed E-state index contributed by atoms with van der Waals surface area (Å²) in [6.07, 6.45) is -0.130. The molecule has 1 aliphatic rings. The summed E-state index contributed by atoms with van der Waals surface area (Å²) >= 11 is 0. The van der Waals surface area contributed by atoms with Crippen LogP contribution in [0.5, 0.6) is 0 Å². The second kappa shape index (κ2) is 14.6. The monoisotopic (exact) mass is 633 g/mol. The van der Waals surface area contributed by atoms with Crippen molar-refractivity contribution in [1.82, 2.24) is 23.8 Å². The summed E-state index contributed by atoms with van der Waals surface area (Å²) in [5.41, 5.74) is 1.43. The third kappa shape index (κ3) is 9.06. The Bertz CT molecular complexity index is 1500. The maximum absolute atomic E-state index is 14.0. The molecule has 0 unspecified atom stereocenters. The van der Waals surface area contributed by atoms with Crippen molar-refractivity contribution in [1.29, 1.82) is 0 Å². The molecule has 244 valence electrons. The van der Waals surface area contributed by atoms with Crippen molar-refractivity contribution in [3.63, 3.8) is 0 Å². The van der Waals surface area contributed by atoms with Gasteiger partial charge in [-0.15, -0.1) is 12.3 Å². The number of nitrogens with zero attached hydrogens (tertiary/aromatic N) is 5. The molecule has 5 nitrogen and oxygen atoms in total. The van der Waals surface area contributed by atoms with E-state index in [1.807, 2.05) is 0 Å². The van der Waals surface area contributed by atoms with Crippen LogP contribution in [-0.2, 0) is 12.7 Å². The first-order valence-corrected chi connectivity index (χ1v) is 14.1. The molecule has 0 bridgehead atoms. The van der Waals surface area contributed by atoms with Gasteiger partial charge in [-0.25, -0.2) is 9.97 Å². The van der Waals surface area contributed by atoms with Crippen LogP contribution in [0.25, 0.3) is 22.6 Å². The molecule has 13 heteroatoms. The van der Waals surface area contributed by atoms with Gasteiger partial charge < -0.3 is 0 Å². The van der Waals surface area contributed by atoms with E-state index in [0.29, 0.717) is 18.5 Å². The van der Waals surface area contributed by atoms with Crippen molar-refractivity contribution in [2.24, 2.45) is 5.92 Å². The topological polar surface area (TPSA) is 38.4 Å². The lowest BCUT2D eigenvalue weighted by Crippen LogP contribution is -2.47. The molecule has 3 aromatic heterocycles. The van der Waals surface area contributed by atoms with Gasteiger partial charge >= 0.3 is 18.3 Å². The first kappa shape index (κ1) is 36.8. The average molecular weight is 634 g/mol. The fourth-order valence-corrected chi connectivity index (χ4v) is 4.42. The molecule has 3 heterocycles. The number of hydrogen-bond acceptors (Lipinski definition) is 3. The smallest absolute Gasteiger partial charge is 0.291 e. The average Bonchev–Trinajstić information content (AvgIpc) is 3.53. The van der Waals surface area contributed by atoms with E-state index in [2.05, 4.69) is 49.2 Å². The lowest BCUT2D eigenvalue weighted by atomic mass is 10.2. The summed E-state index contributed by atoms with van der Waals surface area (Å²) in [7, 11) is 0. The summed E-state index contributed by atoms with van der Waals surface area (Å²) in [6, 6.07) is 3.01. The van der Waals surface area contributed by atoms with E-state index >= 15 is 0 Å². The quantitative estimate of drug-likeness (QED) is 0.141. The predicted molar refractivity (Wildman–Crippen MR) is 157 cm³/mol. The van der Waals surface area contributed by atoms with Crippen molar-refractivity contribution in [3.05, 3.63) is 46.9 Å². The molecule has 0 atom stereocenters. The Morgan fingerprint density at radius 3 is 2.09 bits per heavy atom. The minimum atomic E-state index is -5.82.